The van der Waals surface area contributed by atoms with Crippen molar-refractivity contribution in [3.63, 3.8) is 0 Å². The van der Waals surface area contributed by atoms with Gasteiger partial charge in [-0.15, -0.1) is 5.10 Å². The molecule has 4 rings (SSSR count). The second-order valence-corrected chi connectivity index (χ2v) is 6.39. The predicted octanol–water partition coefficient (Wildman–Crippen LogP) is 3.52. The van der Waals surface area contributed by atoms with Gasteiger partial charge in [0.15, 0.2) is 16.6 Å². The number of ether oxygens (including phenoxy) is 2. The molecule has 0 aliphatic carbocycles. The minimum Gasteiger partial charge on any atom is -0.454 e. The number of hydrogen-bond donors (Lipinski definition) is 2. The number of nitrogens with zero attached hydrogens (tertiary/aromatic N) is 3. The number of aromatic nitrogens is 3. The number of nitrogens with one attached hydrogen (secondary N) is 2. The van der Waals surface area contributed by atoms with Gasteiger partial charge in [-0.2, -0.15) is 0 Å². The molecular weight excluding hydrogens is 374 g/mol. The zero-order chi connectivity index (χ0) is 17.9. The first-order valence-electron chi connectivity index (χ1n) is 7.77. The quantitative estimate of drug-likeness (QED) is 0.663. The molecule has 7 nitrogen and oxygen atoms in total. The van der Waals surface area contributed by atoms with Crippen LogP contribution in [0.5, 0.6) is 11.5 Å². The third-order valence-corrected chi connectivity index (χ3v) is 4.07. The van der Waals surface area contributed by atoms with Crippen molar-refractivity contribution in [2.24, 2.45) is 0 Å². The summed E-state index contributed by atoms with van der Waals surface area (Å²) in [5.74, 6) is 1.81. The molecule has 0 fully saturated rings. The summed E-state index contributed by atoms with van der Waals surface area (Å²) in [5.41, 5.74) is 1.82. The largest absolute Gasteiger partial charge is 0.454 e. The van der Waals surface area contributed by atoms with Gasteiger partial charge in [0, 0.05) is 16.8 Å². The average molecular weight is 388 g/mol. The summed E-state index contributed by atoms with van der Waals surface area (Å²) in [6.45, 7) is 0.799. The molecule has 2 aromatic carbocycles. The van der Waals surface area contributed by atoms with Gasteiger partial charge in [-0.05, 0) is 42.0 Å². The van der Waals surface area contributed by atoms with E-state index in [1.54, 1.807) is 11.0 Å². The van der Waals surface area contributed by atoms with Crippen LogP contribution in [0.1, 0.15) is 5.56 Å². The van der Waals surface area contributed by atoms with E-state index in [4.69, 9.17) is 33.3 Å². The highest BCUT2D eigenvalue weighted by Crippen LogP contribution is 2.34. The minimum atomic E-state index is 0.232. The zero-order valence-corrected chi connectivity index (χ0v) is 15.0. The number of benzene rings is 2. The number of halogens is 1. The molecule has 0 saturated heterocycles. The predicted molar refractivity (Wildman–Crippen MR) is 103 cm³/mol. The molecule has 0 saturated carbocycles. The number of anilines is 2. The SMILES string of the molecule is S=C(Nc1ccc2c(c1)OCO2)Nc1ncn(Cc2cccc(Cl)c2)n1. The second kappa shape index (κ2) is 7.19. The van der Waals surface area contributed by atoms with Gasteiger partial charge in [-0.3, -0.25) is 5.32 Å². The molecule has 0 radical (unpaired) electrons. The first-order chi connectivity index (χ1) is 12.7. The molecule has 1 aliphatic heterocycles. The molecule has 9 heteroatoms. The van der Waals surface area contributed by atoms with Crippen LogP contribution in [0.4, 0.5) is 11.6 Å². The number of thiocarbonyl (C=S) groups is 1. The van der Waals surface area contributed by atoms with E-state index in [1.807, 2.05) is 42.5 Å². The molecule has 132 valence electrons. The van der Waals surface area contributed by atoms with Gasteiger partial charge in [0.1, 0.15) is 6.33 Å². The van der Waals surface area contributed by atoms with Crippen molar-refractivity contribution in [2.45, 2.75) is 6.54 Å². The first kappa shape index (κ1) is 16.6. The van der Waals surface area contributed by atoms with E-state index in [-0.39, 0.29) is 6.79 Å². The van der Waals surface area contributed by atoms with E-state index >= 15 is 0 Å². The Bertz CT molecular complexity index is 962. The summed E-state index contributed by atoms with van der Waals surface area (Å²) in [6, 6.07) is 13.1. The molecule has 1 aliphatic rings. The van der Waals surface area contributed by atoms with E-state index in [9.17, 15) is 0 Å². The Balaban J connectivity index is 1.37. The first-order valence-corrected chi connectivity index (χ1v) is 8.56. The van der Waals surface area contributed by atoms with Crippen LogP contribution in [0.15, 0.2) is 48.8 Å². The van der Waals surface area contributed by atoms with Crippen LogP contribution in [0.3, 0.4) is 0 Å². The fraction of sp³-hybridized carbons (Fsp3) is 0.118. The van der Waals surface area contributed by atoms with Crippen molar-refractivity contribution in [1.82, 2.24) is 14.8 Å². The lowest BCUT2D eigenvalue weighted by atomic mass is 10.2. The number of rotatable bonds is 4. The minimum absolute atomic E-state index is 0.232. The van der Waals surface area contributed by atoms with Crippen LogP contribution in [-0.2, 0) is 6.54 Å². The van der Waals surface area contributed by atoms with Gasteiger partial charge >= 0.3 is 0 Å². The molecule has 0 unspecified atom stereocenters. The Hall–Kier alpha value is -2.84. The van der Waals surface area contributed by atoms with E-state index in [1.165, 1.54) is 0 Å². The van der Waals surface area contributed by atoms with E-state index < -0.39 is 0 Å². The lowest BCUT2D eigenvalue weighted by molar-refractivity contribution is 0.174. The van der Waals surface area contributed by atoms with Crippen LogP contribution in [0.2, 0.25) is 5.02 Å². The summed E-state index contributed by atoms with van der Waals surface area (Å²) in [6.07, 6.45) is 1.63. The molecule has 26 heavy (non-hydrogen) atoms. The lowest BCUT2D eigenvalue weighted by Crippen LogP contribution is -2.20. The Morgan fingerprint density at radius 2 is 2.04 bits per heavy atom. The van der Waals surface area contributed by atoms with E-state index in [0.29, 0.717) is 28.4 Å². The third-order valence-electron chi connectivity index (χ3n) is 3.63. The summed E-state index contributed by atoms with van der Waals surface area (Å²) in [5, 5.41) is 11.4. The van der Waals surface area contributed by atoms with Crippen molar-refractivity contribution >= 4 is 40.6 Å². The van der Waals surface area contributed by atoms with Crippen LogP contribution in [0, 0.1) is 0 Å². The Morgan fingerprint density at radius 1 is 1.15 bits per heavy atom. The smallest absolute Gasteiger partial charge is 0.248 e. The van der Waals surface area contributed by atoms with Crippen molar-refractivity contribution in [3.8, 4) is 11.5 Å². The summed E-state index contributed by atoms with van der Waals surface area (Å²) in [4.78, 5) is 4.21. The normalized spacial score (nSPS) is 12.0. The zero-order valence-electron chi connectivity index (χ0n) is 13.5. The summed E-state index contributed by atoms with van der Waals surface area (Å²) in [7, 11) is 0. The Kier molecular flexibility index (Phi) is 4.59. The highest BCUT2D eigenvalue weighted by Gasteiger charge is 2.13. The Morgan fingerprint density at radius 3 is 2.92 bits per heavy atom. The molecule has 2 heterocycles. The van der Waals surface area contributed by atoms with Gasteiger partial charge in [0.25, 0.3) is 0 Å². The van der Waals surface area contributed by atoms with E-state index in [0.717, 1.165) is 17.0 Å². The van der Waals surface area contributed by atoms with Gasteiger partial charge in [-0.1, -0.05) is 23.7 Å². The highest BCUT2D eigenvalue weighted by atomic mass is 35.5. The number of fused-ring (bicyclic) bond motifs is 1. The highest BCUT2D eigenvalue weighted by molar-refractivity contribution is 7.80. The van der Waals surface area contributed by atoms with Gasteiger partial charge in [0.05, 0.1) is 6.54 Å². The molecular formula is C17H14ClN5O2S. The van der Waals surface area contributed by atoms with Gasteiger partial charge in [-0.25, -0.2) is 9.67 Å². The van der Waals surface area contributed by atoms with Crippen molar-refractivity contribution in [2.75, 3.05) is 17.4 Å². The lowest BCUT2D eigenvalue weighted by Gasteiger charge is -2.08. The van der Waals surface area contributed by atoms with Gasteiger partial charge < -0.3 is 14.8 Å². The third kappa shape index (κ3) is 3.87. The summed E-state index contributed by atoms with van der Waals surface area (Å²) >= 11 is 11.3. The molecule has 3 aromatic rings. The van der Waals surface area contributed by atoms with Crippen LogP contribution in [0.25, 0.3) is 0 Å². The fourth-order valence-corrected chi connectivity index (χ4v) is 2.91. The second-order valence-electron chi connectivity index (χ2n) is 5.54. The van der Waals surface area contributed by atoms with Crippen molar-refractivity contribution < 1.29 is 9.47 Å². The number of hydrogen-bond acceptors (Lipinski definition) is 5. The fourth-order valence-electron chi connectivity index (χ4n) is 2.49. The molecule has 2 N–H and O–H groups in total. The topological polar surface area (TPSA) is 73.2 Å². The molecule has 0 bridgehead atoms. The van der Waals surface area contributed by atoms with Crippen LogP contribution in [-0.4, -0.2) is 26.7 Å². The molecule has 0 spiro atoms. The summed E-state index contributed by atoms with van der Waals surface area (Å²) < 4.78 is 12.3. The molecule has 0 amide bonds. The Labute approximate surface area is 159 Å². The standard InChI is InChI=1S/C17H14ClN5O2S/c18-12-3-1-2-11(6-12)8-23-9-19-16(22-23)21-17(26)20-13-4-5-14-15(7-13)25-10-24-14/h1-7,9H,8,10H2,(H2,20,21,22,26). The van der Waals surface area contributed by atoms with Gasteiger partial charge in [0.2, 0.25) is 12.7 Å². The maximum absolute atomic E-state index is 6.00. The van der Waals surface area contributed by atoms with Crippen LogP contribution >= 0.6 is 23.8 Å². The molecule has 1 aromatic heterocycles. The maximum atomic E-state index is 6.00. The monoisotopic (exact) mass is 387 g/mol. The van der Waals surface area contributed by atoms with Crippen LogP contribution < -0.4 is 20.1 Å². The maximum Gasteiger partial charge on any atom is 0.248 e. The van der Waals surface area contributed by atoms with Crippen molar-refractivity contribution in [3.05, 3.63) is 59.4 Å². The average Bonchev–Trinajstić information content (AvgIpc) is 3.23. The molecule has 0 atom stereocenters. The van der Waals surface area contributed by atoms with E-state index in [2.05, 4.69) is 20.7 Å². The van der Waals surface area contributed by atoms with Crippen molar-refractivity contribution in [1.29, 1.82) is 0 Å².